The van der Waals surface area contributed by atoms with Crippen LogP contribution < -0.4 is 10.6 Å². The van der Waals surface area contributed by atoms with Crippen LogP contribution in [0.5, 0.6) is 0 Å². The van der Waals surface area contributed by atoms with Gasteiger partial charge in [-0.15, -0.1) is 0 Å². The molecule has 1 fully saturated rings. The standard InChI is InChI=1S/C12H15N3O/c13-7-10-3-1-2-4-12(10)15-5-6-16-9-11(15)8-14/h1-4,11H,5-6,8-9,14H2. The monoisotopic (exact) mass is 217 g/mol. The third-order valence-corrected chi connectivity index (χ3v) is 2.83. The molecular formula is C12H15N3O. The normalized spacial score (nSPS) is 20.5. The predicted molar refractivity (Wildman–Crippen MR) is 62.2 cm³/mol. The van der Waals surface area contributed by atoms with Crippen molar-refractivity contribution in [3.05, 3.63) is 29.8 Å². The molecule has 1 unspecified atom stereocenters. The molecule has 1 aliphatic heterocycles. The molecule has 4 nitrogen and oxygen atoms in total. The summed E-state index contributed by atoms with van der Waals surface area (Å²) in [6.45, 7) is 2.66. The zero-order valence-electron chi connectivity index (χ0n) is 9.10. The summed E-state index contributed by atoms with van der Waals surface area (Å²) in [5, 5.41) is 9.07. The molecule has 0 radical (unpaired) electrons. The van der Waals surface area contributed by atoms with E-state index in [9.17, 15) is 0 Å². The van der Waals surface area contributed by atoms with Crippen molar-refractivity contribution in [3.8, 4) is 6.07 Å². The van der Waals surface area contributed by atoms with Crippen molar-refractivity contribution in [2.45, 2.75) is 6.04 Å². The van der Waals surface area contributed by atoms with Gasteiger partial charge in [-0.3, -0.25) is 0 Å². The highest BCUT2D eigenvalue weighted by atomic mass is 16.5. The van der Waals surface area contributed by atoms with Crippen LogP contribution in [0, 0.1) is 11.3 Å². The smallest absolute Gasteiger partial charge is 0.101 e. The molecule has 2 N–H and O–H groups in total. The Labute approximate surface area is 95.2 Å². The first kappa shape index (κ1) is 10.9. The van der Waals surface area contributed by atoms with Gasteiger partial charge in [0.05, 0.1) is 30.5 Å². The molecular weight excluding hydrogens is 202 g/mol. The number of nitrogens with zero attached hydrogens (tertiary/aromatic N) is 2. The summed E-state index contributed by atoms with van der Waals surface area (Å²) in [5.41, 5.74) is 7.38. The summed E-state index contributed by atoms with van der Waals surface area (Å²) < 4.78 is 5.39. The van der Waals surface area contributed by atoms with Gasteiger partial charge in [0.1, 0.15) is 6.07 Å². The zero-order valence-corrected chi connectivity index (χ0v) is 9.10. The Morgan fingerprint density at radius 1 is 1.50 bits per heavy atom. The maximum atomic E-state index is 9.07. The number of anilines is 1. The van der Waals surface area contributed by atoms with Crippen LogP contribution >= 0.6 is 0 Å². The Morgan fingerprint density at radius 2 is 2.31 bits per heavy atom. The van der Waals surface area contributed by atoms with Gasteiger partial charge in [-0.05, 0) is 12.1 Å². The lowest BCUT2D eigenvalue weighted by molar-refractivity contribution is 0.0962. The summed E-state index contributed by atoms with van der Waals surface area (Å²) in [7, 11) is 0. The summed E-state index contributed by atoms with van der Waals surface area (Å²) in [6.07, 6.45) is 0. The van der Waals surface area contributed by atoms with E-state index in [4.69, 9.17) is 15.7 Å². The average molecular weight is 217 g/mol. The Kier molecular flexibility index (Phi) is 3.40. The molecule has 0 aromatic heterocycles. The molecule has 1 aliphatic rings. The molecule has 2 rings (SSSR count). The molecule has 0 spiro atoms. The fourth-order valence-electron chi connectivity index (χ4n) is 1.99. The van der Waals surface area contributed by atoms with Gasteiger partial charge in [-0.2, -0.15) is 5.26 Å². The number of rotatable bonds is 2. The number of nitrogens with two attached hydrogens (primary N) is 1. The van der Waals surface area contributed by atoms with Crippen LogP contribution in [0.3, 0.4) is 0 Å². The van der Waals surface area contributed by atoms with Gasteiger partial charge >= 0.3 is 0 Å². The van der Waals surface area contributed by atoms with E-state index >= 15 is 0 Å². The minimum Gasteiger partial charge on any atom is -0.377 e. The Hall–Kier alpha value is -1.57. The van der Waals surface area contributed by atoms with Crippen LogP contribution in [0.25, 0.3) is 0 Å². The van der Waals surface area contributed by atoms with Crippen LogP contribution in [-0.2, 0) is 4.74 Å². The maximum Gasteiger partial charge on any atom is 0.101 e. The molecule has 84 valence electrons. The second kappa shape index (κ2) is 4.97. The van der Waals surface area contributed by atoms with Crippen LogP contribution in [0.15, 0.2) is 24.3 Å². The molecule has 1 aromatic rings. The lowest BCUT2D eigenvalue weighted by Crippen LogP contribution is -2.49. The third kappa shape index (κ3) is 2.01. The van der Waals surface area contributed by atoms with Crippen molar-refractivity contribution in [2.75, 3.05) is 31.2 Å². The first-order valence-corrected chi connectivity index (χ1v) is 5.40. The van der Waals surface area contributed by atoms with Gasteiger partial charge in [0, 0.05) is 13.1 Å². The number of ether oxygens (including phenoxy) is 1. The van der Waals surface area contributed by atoms with E-state index in [2.05, 4.69) is 11.0 Å². The third-order valence-electron chi connectivity index (χ3n) is 2.83. The zero-order chi connectivity index (χ0) is 11.4. The molecule has 0 saturated carbocycles. The van der Waals surface area contributed by atoms with Crippen LogP contribution in [-0.4, -0.2) is 32.3 Å². The van der Waals surface area contributed by atoms with Crippen molar-refractivity contribution in [3.63, 3.8) is 0 Å². The van der Waals surface area contributed by atoms with Crippen LogP contribution in [0.2, 0.25) is 0 Å². The van der Waals surface area contributed by atoms with E-state index in [1.54, 1.807) is 0 Å². The second-order valence-electron chi connectivity index (χ2n) is 3.79. The molecule has 0 aliphatic carbocycles. The summed E-state index contributed by atoms with van der Waals surface area (Å²) >= 11 is 0. The molecule has 16 heavy (non-hydrogen) atoms. The lowest BCUT2D eigenvalue weighted by Gasteiger charge is -2.37. The molecule has 1 saturated heterocycles. The summed E-state index contributed by atoms with van der Waals surface area (Å²) in [6, 6.07) is 10.00. The number of morpholine rings is 1. The Morgan fingerprint density at radius 3 is 3.06 bits per heavy atom. The SMILES string of the molecule is N#Cc1ccccc1N1CCOCC1CN. The van der Waals surface area contributed by atoms with Crippen LogP contribution in [0.1, 0.15) is 5.56 Å². The van der Waals surface area contributed by atoms with Gasteiger partial charge in [-0.1, -0.05) is 12.1 Å². The van der Waals surface area contributed by atoms with E-state index in [0.717, 1.165) is 12.2 Å². The quantitative estimate of drug-likeness (QED) is 0.793. The van der Waals surface area contributed by atoms with Crippen molar-refractivity contribution >= 4 is 5.69 Å². The number of nitriles is 1. The molecule has 4 heteroatoms. The van der Waals surface area contributed by atoms with E-state index < -0.39 is 0 Å². The lowest BCUT2D eigenvalue weighted by atomic mass is 10.1. The minimum absolute atomic E-state index is 0.170. The van der Waals surface area contributed by atoms with Gasteiger partial charge in [-0.25, -0.2) is 0 Å². The van der Waals surface area contributed by atoms with Crippen LogP contribution in [0.4, 0.5) is 5.69 Å². The number of hydrogen-bond acceptors (Lipinski definition) is 4. The highest BCUT2D eigenvalue weighted by Crippen LogP contribution is 2.23. The largest absolute Gasteiger partial charge is 0.377 e. The molecule has 1 heterocycles. The summed E-state index contributed by atoms with van der Waals surface area (Å²) in [5.74, 6) is 0. The van der Waals surface area contributed by atoms with Gasteiger partial charge in [0.2, 0.25) is 0 Å². The van der Waals surface area contributed by atoms with Crippen molar-refractivity contribution < 1.29 is 4.74 Å². The van der Waals surface area contributed by atoms with E-state index in [1.165, 1.54) is 0 Å². The number of para-hydroxylation sites is 1. The average Bonchev–Trinajstić information content (AvgIpc) is 2.38. The second-order valence-corrected chi connectivity index (χ2v) is 3.79. The van der Waals surface area contributed by atoms with Crippen molar-refractivity contribution in [2.24, 2.45) is 5.73 Å². The topological polar surface area (TPSA) is 62.3 Å². The van der Waals surface area contributed by atoms with E-state index in [0.29, 0.717) is 25.3 Å². The van der Waals surface area contributed by atoms with Crippen molar-refractivity contribution in [1.82, 2.24) is 0 Å². The number of hydrogen-bond donors (Lipinski definition) is 1. The first-order chi connectivity index (χ1) is 7.86. The predicted octanol–water partition coefficient (Wildman–Crippen LogP) is 0.722. The Bertz CT molecular complexity index is 399. The fourth-order valence-corrected chi connectivity index (χ4v) is 1.99. The fraction of sp³-hybridized carbons (Fsp3) is 0.417. The first-order valence-electron chi connectivity index (χ1n) is 5.40. The van der Waals surface area contributed by atoms with Gasteiger partial charge in [0.15, 0.2) is 0 Å². The van der Waals surface area contributed by atoms with E-state index in [1.807, 2.05) is 24.3 Å². The minimum atomic E-state index is 0.170. The number of benzene rings is 1. The van der Waals surface area contributed by atoms with Crippen molar-refractivity contribution in [1.29, 1.82) is 5.26 Å². The molecule has 1 aromatic carbocycles. The molecule has 0 bridgehead atoms. The maximum absolute atomic E-state index is 9.07. The van der Waals surface area contributed by atoms with Gasteiger partial charge in [0.25, 0.3) is 0 Å². The Balaban J connectivity index is 2.31. The summed E-state index contributed by atoms with van der Waals surface area (Å²) in [4.78, 5) is 2.17. The highest BCUT2D eigenvalue weighted by molar-refractivity contribution is 5.60. The molecule has 0 amide bonds. The highest BCUT2D eigenvalue weighted by Gasteiger charge is 2.23. The molecule has 1 atom stereocenters. The van der Waals surface area contributed by atoms with E-state index in [-0.39, 0.29) is 6.04 Å². The van der Waals surface area contributed by atoms with Gasteiger partial charge < -0.3 is 15.4 Å².